The number of furan rings is 1. The van der Waals surface area contributed by atoms with E-state index in [-0.39, 0.29) is 24.1 Å². The van der Waals surface area contributed by atoms with Crippen molar-refractivity contribution in [1.29, 1.82) is 0 Å². The number of halogens is 2. The Hall–Kier alpha value is -3.65. The number of anilines is 2. The van der Waals surface area contributed by atoms with E-state index < -0.39 is 22.4 Å². The predicted molar refractivity (Wildman–Crippen MR) is 138 cm³/mol. The molecule has 2 N–H and O–H groups in total. The van der Waals surface area contributed by atoms with Crippen molar-refractivity contribution in [2.24, 2.45) is 0 Å². The summed E-state index contributed by atoms with van der Waals surface area (Å²) in [6, 6.07) is 5.74. The third-order valence-electron chi connectivity index (χ3n) is 6.24. The molecule has 202 valence electrons. The molecule has 14 heteroatoms. The molecule has 38 heavy (non-hydrogen) atoms. The number of hydrogen-bond donors (Lipinski definition) is 1. The summed E-state index contributed by atoms with van der Waals surface area (Å²) in [5.74, 6) is 0.911. The van der Waals surface area contributed by atoms with Crippen LogP contribution in [0.5, 0.6) is 5.75 Å². The Morgan fingerprint density at radius 2 is 1.95 bits per heavy atom. The molecule has 0 unspecified atom stereocenters. The lowest BCUT2D eigenvalue weighted by molar-refractivity contribution is 0.253. The number of aryl methyl sites for hydroxylation is 1. The molecule has 0 spiro atoms. The Labute approximate surface area is 220 Å². The quantitative estimate of drug-likeness (QED) is 0.316. The zero-order chi connectivity index (χ0) is 26.6. The molecule has 1 fully saturated rings. The van der Waals surface area contributed by atoms with Gasteiger partial charge in [-0.25, -0.2) is 8.78 Å². The number of nitrogens with two attached hydrogens (primary N) is 1. The Morgan fingerprint density at radius 3 is 2.68 bits per heavy atom. The van der Waals surface area contributed by atoms with Crippen LogP contribution < -0.4 is 15.4 Å². The van der Waals surface area contributed by atoms with Crippen molar-refractivity contribution >= 4 is 28.2 Å². The number of nitrogens with zero attached hydrogens (tertiary/aromatic N) is 7. The molecular weight excluding hydrogens is 518 g/mol. The first-order valence-electron chi connectivity index (χ1n) is 12.2. The highest BCUT2D eigenvalue weighted by atomic mass is 32.2. The van der Waals surface area contributed by atoms with Crippen molar-refractivity contribution in [3.8, 4) is 17.3 Å². The molecule has 0 bridgehead atoms. The van der Waals surface area contributed by atoms with E-state index in [1.165, 1.54) is 10.6 Å². The second kappa shape index (κ2) is 11.4. The normalized spacial score (nSPS) is 15.3. The first kappa shape index (κ1) is 26.0. The third kappa shape index (κ3) is 5.91. The van der Waals surface area contributed by atoms with Crippen LogP contribution >= 0.6 is 0 Å². The lowest BCUT2D eigenvalue weighted by Crippen LogP contribution is -2.47. The number of rotatable bonds is 10. The zero-order valence-corrected chi connectivity index (χ0v) is 21.7. The Bertz CT molecular complexity index is 1420. The van der Waals surface area contributed by atoms with Gasteiger partial charge < -0.3 is 19.8 Å². The van der Waals surface area contributed by atoms with Crippen LogP contribution in [0.2, 0.25) is 0 Å². The summed E-state index contributed by atoms with van der Waals surface area (Å²) in [7, 11) is -1.05. The lowest BCUT2D eigenvalue weighted by Gasteiger charge is -2.36. The van der Waals surface area contributed by atoms with Crippen molar-refractivity contribution in [1.82, 2.24) is 29.5 Å². The number of hydrogen-bond acceptors (Lipinski definition) is 10. The second-order valence-electron chi connectivity index (χ2n) is 8.91. The number of piperazine rings is 1. The largest absolute Gasteiger partial charge is 0.489 e. The molecule has 1 aliphatic heterocycles. The van der Waals surface area contributed by atoms with Crippen LogP contribution in [0.4, 0.5) is 20.4 Å². The molecular formula is C24H28F2N8O3S. The molecule has 3 aromatic heterocycles. The molecule has 0 amide bonds. The first-order valence-corrected chi connectivity index (χ1v) is 13.9. The summed E-state index contributed by atoms with van der Waals surface area (Å²) in [5, 5.41) is 4.30. The van der Waals surface area contributed by atoms with Gasteiger partial charge >= 0.3 is 0 Å². The maximum Gasteiger partial charge on any atom is 0.257 e. The van der Waals surface area contributed by atoms with Crippen LogP contribution in [0.25, 0.3) is 17.4 Å². The molecule has 0 saturated carbocycles. The highest BCUT2D eigenvalue weighted by molar-refractivity contribution is 7.84. The summed E-state index contributed by atoms with van der Waals surface area (Å²) in [5.41, 5.74) is 6.37. The van der Waals surface area contributed by atoms with Crippen LogP contribution in [0, 0.1) is 11.6 Å². The number of benzene rings is 1. The number of aromatic nitrogens is 5. The number of ether oxygens (including phenoxy) is 1. The fourth-order valence-electron chi connectivity index (χ4n) is 4.29. The van der Waals surface area contributed by atoms with Crippen LogP contribution in [-0.2, 0) is 17.2 Å². The van der Waals surface area contributed by atoms with E-state index in [1.807, 2.05) is 4.90 Å². The van der Waals surface area contributed by atoms with Gasteiger partial charge in [-0.2, -0.15) is 19.5 Å². The SMILES string of the molecule is C[S@@](=O)CCOc1cc(N2CCN(CCCc3nc(N)n4nc(-c5ccco5)nc4n3)CC2)c(F)cc1F. The predicted octanol–water partition coefficient (Wildman–Crippen LogP) is 2.15. The molecule has 4 heterocycles. The molecule has 1 atom stereocenters. The minimum absolute atomic E-state index is 0.0329. The molecule has 4 aromatic rings. The highest BCUT2D eigenvalue weighted by Crippen LogP contribution is 2.29. The van der Waals surface area contributed by atoms with Crippen molar-refractivity contribution in [2.45, 2.75) is 12.8 Å². The smallest absolute Gasteiger partial charge is 0.257 e. The minimum Gasteiger partial charge on any atom is -0.489 e. The van der Waals surface area contributed by atoms with Gasteiger partial charge in [0.15, 0.2) is 17.3 Å². The summed E-state index contributed by atoms with van der Waals surface area (Å²) >= 11 is 0. The van der Waals surface area contributed by atoms with Crippen molar-refractivity contribution in [3.63, 3.8) is 0 Å². The molecule has 0 aliphatic carbocycles. The first-order chi connectivity index (χ1) is 18.4. The second-order valence-corrected chi connectivity index (χ2v) is 10.5. The molecule has 11 nitrogen and oxygen atoms in total. The van der Waals surface area contributed by atoms with E-state index >= 15 is 0 Å². The van der Waals surface area contributed by atoms with E-state index in [1.54, 1.807) is 24.7 Å². The van der Waals surface area contributed by atoms with Crippen LogP contribution in [0.15, 0.2) is 34.9 Å². The van der Waals surface area contributed by atoms with Crippen molar-refractivity contribution in [3.05, 3.63) is 48.0 Å². The third-order valence-corrected chi connectivity index (χ3v) is 6.98. The molecule has 1 aliphatic rings. The van der Waals surface area contributed by atoms with Gasteiger partial charge in [-0.05, 0) is 25.1 Å². The summed E-state index contributed by atoms with van der Waals surface area (Å²) in [6.45, 7) is 3.53. The van der Waals surface area contributed by atoms with Crippen LogP contribution in [-0.4, -0.2) is 85.0 Å². The van der Waals surface area contributed by atoms with Gasteiger partial charge in [0.05, 0.1) is 24.3 Å². The molecule has 1 saturated heterocycles. The standard InChI is InChI=1S/C24H28F2N8O3S/c1-38(35)13-12-37-20-15-18(16(25)14-17(20)26)33-9-7-32(8-10-33)6-2-5-21-28-23(27)34-24(29-21)30-22(31-34)19-4-3-11-36-19/h3-4,11,14-15H,2,5-10,12-13H2,1H3,(H2,27,28,29,30,31)/t38-/m1/s1. The van der Waals surface area contributed by atoms with Gasteiger partial charge in [-0.15, -0.1) is 5.10 Å². The lowest BCUT2D eigenvalue weighted by atomic mass is 10.2. The molecule has 5 rings (SSSR count). The van der Waals surface area contributed by atoms with E-state index in [2.05, 4.69) is 25.0 Å². The fourth-order valence-corrected chi connectivity index (χ4v) is 4.60. The Kier molecular flexibility index (Phi) is 7.79. The topological polar surface area (TPSA) is 128 Å². The maximum atomic E-state index is 14.5. The number of fused-ring (bicyclic) bond motifs is 1. The monoisotopic (exact) mass is 546 g/mol. The van der Waals surface area contributed by atoms with Crippen molar-refractivity contribution < 1.29 is 22.1 Å². The summed E-state index contributed by atoms with van der Waals surface area (Å²) in [4.78, 5) is 17.4. The average molecular weight is 547 g/mol. The average Bonchev–Trinajstić information content (AvgIpc) is 3.56. The van der Waals surface area contributed by atoms with Gasteiger partial charge in [0.25, 0.3) is 5.78 Å². The Morgan fingerprint density at radius 1 is 1.13 bits per heavy atom. The van der Waals surface area contributed by atoms with Crippen molar-refractivity contribution in [2.75, 3.05) is 62.0 Å². The van der Waals surface area contributed by atoms with E-state index in [0.29, 0.717) is 48.4 Å². The maximum absolute atomic E-state index is 14.5. The minimum atomic E-state index is -1.05. The number of nitrogen functional groups attached to an aromatic ring is 1. The summed E-state index contributed by atoms with van der Waals surface area (Å²) in [6.07, 6.45) is 4.50. The highest BCUT2D eigenvalue weighted by Gasteiger charge is 2.22. The van der Waals surface area contributed by atoms with Gasteiger partial charge in [-0.3, -0.25) is 9.11 Å². The molecule has 0 radical (unpaired) electrons. The fraction of sp³-hybridized carbons (Fsp3) is 0.417. The van der Waals surface area contributed by atoms with Crippen LogP contribution in [0.3, 0.4) is 0 Å². The van der Waals surface area contributed by atoms with Gasteiger partial charge in [0.2, 0.25) is 11.8 Å². The molecule has 1 aromatic carbocycles. The van der Waals surface area contributed by atoms with Gasteiger partial charge in [0.1, 0.15) is 11.6 Å². The Balaban J connectivity index is 1.14. The van der Waals surface area contributed by atoms with E-state index in [0.717, 1.165) is 32.1 Å². The van der Waals surface area contributed by atoms with Gasteiger partial charge in [0, 0.05) is 61.8 Å². The van der Waals surface area contributed by atoms with E-state index in [4.69, 9.17) is 14.9 Å². The van der Waals surface area contributed by atoms with Crippen LogP contribution in [0.1, 0.15) is 12.2 Å². The zero-order valence-electron chi connectivity index (χ0n) is 20.8. The summed E-state index contributed by atoms with van der Waals surface area (Å²) < 4.78 is 52.0. The van der Waals surface area contributed by atoms with E-state index in [9.17, 15) is 13.0 Å². The van der Waals surface area contributed by atoms with Gasteiger partial charge in [-0.1, -0.05) is 0 Å².